The lowest BCUT2D eigenvalue weighted by Gasteiger charge is -2.24. The third-order valence-corrected chi connectivity index (χ3v) is 8.17. The largest absolute Gasteiger partial charge is 0.497 e. The number of aliphatic imine (C=N–C) groups is 1. The van der Waals surface area contributed by atoms with Gasteiger partial charge in [0.2, 0.25) is 0 Å². The first kappa shape index (κ1) is 19.2. The number of amidine groups is 1. The number of methoxy groups -OCH3 is 1. The zero-order valence-electron chi connectivity index (χ0n) is 15.2. The first-order valence-corrected chi connectivity index (χ1v) is 11.4. The molecule has 2 heterocycles. The second-order valence-electron chi connectivity index (χ2n) is 6.82. The summed E-state index contributed by atoms with van der Waals surface area (Å²) in [5, 5.41) is 0.595. The summed E-state index contributed by atoms with van der Waals surface area (Å²) in [6, 6.07) is 7.53. The van der Waals surface area contributed by atoms with Crippen LogP contribution in [0.3, 0.4) is 0 Å². The zero-order chi connectivity index (χ0) is 18.9. The van der Waals surface area contributed by atoms with Crippen molar-refractivity contribution in [3.63, 3.8) is 0 Å². The molecule has 3 rings (SSSR count). The fourth-order valence-electron chi connectivity index (χ4n) is 3.13. The molecule has 2 saturated heterocycles. The molecule has 0 N–H and O–H groups in total. The lowest BCUT2D eigenvalue weighted by molar-refractivity contribution is -0.121. The number of benzene rings is 1. The molecule has 0 aliphatic carbocycles. The fourth-order valence-corrected chi connectivity index (χ4v) is 7.08. The maximum Gasteiger partial charge on any atom is 0.250 e. The van der Waals surface area contributed by atoms with Crippen molar-refractivity contribution in [3.8, 4) is 5.75 Å². The van der Waals surface area contributed by atoms with E-state index < -0.39 is 9.84 Å². The fraction of sp³-hybridized carbons (Fsp3) is 0.556. The third-order valence-electron chi connectivity index (χ3n) is 4.93. The second kappa shape index (κ2) is 7.60. The summed E-state index contributed by atoms with van der Waals surface area (Å²) in [6.45, 7) is 4.35. The molecule has 2 aliphatic rings. The minimum Gasteiger partial charge on any atom is -0.497 e. The predicted octanol–water partition coefficient (Wildman–Crippen LogP) is 2.34. The maximum absolute atomic E-state index is 12.3. The molecule has 6 nitrogen and oxygen atoms in total. The number of amides is 1. The van der Waals surface area contributed by atoms with Crippen molar-refractivity contribution in [2.24, 2.45) is 10.9 Å². The summed E-state index contributed by atoms with van der Waals surface area (Å²) in [4.78, 5) is 18.6. The van der Waals surface area contributed by atoms with E-state index in [0.29, 0.717) is 11.7 Å². The van der Waals surface area contributed by atoms with E-state index in [-0.39, 0.29) is 34.6 Å². The number of hydrogen-bond donors (Lipinski definition) is 0. The summed E-state index contributed by atoms with van der Waals surface area (Å²) >= 11 is 1.43. The van der Waals surface area contributed by atoms with Crippen molar-refractivity contribution >= 4 is 32.7 Å². The molecule has 0 spiro atoms. The highest BCUT2D eigenvalue weighted by Crippen LogP contribution is 2.39. The van der Waals surface area contributed by atoms with Crippen molar-refractivity contribution in [2.75, 3.05) is 18.6 Å². The van der Waals surface area contributed by atoms with Crippen molar-refractivity contribution in [3.05, 3.63) is 29.8 Å². The Morgan fingerprint density at radius 2 is 2.04 bits per heavy atom. The number of thioether (sulfide) groups is 1. The summed E-state index contributed by atoms with van der Waals surface area (Å²) in [6.07, 6.45) is 0.736. The standard InChI is InChI=1S/C18H24N2O4S2/c1-4-12(2)17(21)19-18-20(9-13-5-7-14(24-3)8-6-13)15-10-26(22,23)11-16(15)25-18/h5-8,12,15-16H,4,9-11H2,1-3H3. The van der Waals surface area contributed by atoms with Gasteiger partial charge in [0.25, 0.3) is 5.91 Å². The van der Waals surface area contributed by atoms with Crippen molar-refractivity contribution in [2.45, 2.75) is 38.1 Å². The van der Waals surface area contributed by atoms with Crippen molar-refractivity contribution in [1.82, 2.24) is 4.90 Å². The van der Waals surface area contributed by atoms with Crippen LogP contribution < -0.4 is 4.74 Å². The number of sulfone groups is 1. The molecular weight excluding hydrogens is 372 g/mol. The maximum atomic E-state index is 12.3. The van der Waals surface area contributed by atoms with Crippen molar-refractivity contribution in [1.29, 1.82) is 0 Å². The molecule has 2 aliphatic heterocycles. The Kier molecular flexibility index (Phi) is 5.62. The summed E-state index contributed by atoms with van der Waals surface area (Å²) < 4.78 is 29.3. The Bertz CT molecular complexity index is 805. The number of fused-ring (bicyclic) bond motifs is 1. The minimum absolute atomic E-state index is 0.0540. The van der Waals surface area contributed by atoms with Gasteiger partial charge in [0.15, 0.2) is 15.0 Å². The van der Waals surface area contributed by atoms with Crippen LogP contribution in [0.2, 0.25) is 0 Å². The Labute approximate surface area is 158 Å². The lowest BCUT2D eigenvalue weighted by Crippen LogP contribution is -2.37. The number of nitrogens with zero attached hydrogens (tertiary/aromatic N) is 2. The highest BCUT2D eigenvalue weighted by Gasteiger charge is 2.48. The van der Waals surface area contributed by atoms with Gasteiger partial charge in [-0.25, -0.2) is 8.42 Å². The van der Waals surface area contributed by atoms with Gasteiger partial charge in [-0.2, -0.15) is 4.99 Å². The van der Waals surface area contributed by atoms with Gasteiger partial charge < -0.3 is 9.64 Å². The smallest absolute Gasteiger partial charge is 0.250 e. The number of carbonyl (C=O) groups excluding carboxylic acids is 1. The van der Waals surface area contributed by atoms with E-state index in [0.717, 1.165) is 17.7 Å². The molecule has 2 fully saturated rings. The number of hydrogen-bond acceptors (Lipinski definition) is 5. The molecule has 0 saturated carbocycles. The summed E-state index contributed by atoms with van der Waals surface area (Å²) in [5.74, 6) is 0.773. The number of rotatable bonds is 5. The van der Waals surface area contributed by atoms with Crippen LogP contribution in [0, 0.1) is 5.92 Å². The van der Waals surface area contributed by atoms with E-state index in [9.17, 15) is 13.2 Å². The molecule has 1 amide bonds. The lowest BCUT2D eigenvalue weighted by atomic mass is 10.1. The van der Waals surface area contributed by atoms with E-state index in [1.807, 2.05) is 43.0 Å². The van der Waals surface area contributed by atoms with Gasteiger partial charge >= 0.3 is 0 Å². The minimum atomic E-state index is -3.04. The molecule has 1 aromatic rings. The number of ether oxygens (including phenoxy) is 1. The first-order valence-electron chi connectivity index (χ1n) is 8.72. The van der Waals surface area contributed by atoms with Gasteiger partial charge in [0.1, 0.15) is 5.75 Å². The highest BCUT2D eigenvalue weighted by molar-refractivity contribution is 8.15. The van der Waals surface area contributed by atoms with Gasteiger partial charge in [-0.05, 0) is 24.1 Å². The second-order valence-corrected chi connectivity index (χ2v) is 10.2. The molecule has 142 valence electrons. The van der Waals surface area contributed by atoms with E-state index in [1.165, 1.54) is 11.8 Å². The van der Waals surface area contributed by atoms with Gasteiger partial charge in [-0.15, -0.1) is 0 Å². The Morgan fingerprint density at radius 1 is 1.35 bits per heavy atom. The molecule has 8 heteroatoms. The van der Waals surface area contributed by atoms with Crippen LogP contribution in [-0.2, 0) is 21.2 Å². The molecule has 1 aromatic carbocycles. The van der Waals surface area contributed by atoms with Crippen LogP contribution >= 0.6 is 11.8 Å². The molecule has 0 aromatic heterocycles. The van der Waals surface area contributed by atoms with E-state index in [2.05, 4.69) is 4.99 Å². The molecule has 3 unspecified atom stereocenters. The Morgan fingerprint density at radius 3 is 2.65 bits per heavy atom. The third kappa shape index (κ3) is 4.06. The monoisotopic (exact) mass is 396 g/mol. The van der Waals surface area contributed by atoms with Gasteiger partial charge in [0.05, 0.1) is 24.7 Å². The van der Waals surface area contributed by atoms with Crippen LogP contribution in [0.1, 0.15) is 25.8 Å². The van der Waals surface area contributed by atoms with Crippen molar-refractivity contribution < 1.29 is 17.9 Å². The zero-order valence-corrected chi connectivity index (χ0v) is 16.8. The van der Waals surface area contributed by atoms with Gasteiger partial charge in [0, 0.05) is 17.7 Å². The van der Waals surface area contributed by atoms with Crippen LogP contribution in [0.5, 0.6) is 5.75 Å². The SMILES string of the molecule is CCC(C)C(=O)N=C1SC2CS(=O)(=O)CC2N1Cc1ccc(OC)cc1. The average Bonchev–Trinajstić information content (AvgIpc) is 3.07. The van der Waals surface area contributed by atoms with E-state index >= 15 is 0 Å². The molecular formula is C18H24N2O4S2. The van der Waals surface area contributed by atoms with Crippen LogP contribution in [0.4, 0.5) is 0 Å². The highest BCUT2D eigenvalue weighted by atomic mass is 32.2. The van der Waals surface area contributed by atoms with Gasteiger partial charge in [-0.3, -0.25) is 4.79 Å². The summed E-state index contributed by atoms with van der Waals surface area (Å²) in [5.41, 5.74) is 1.03. The van der Waals surface area contributed by atoms with Crippen LogP contribution in [0.25, 0.3) is 0 Å². The molecule has 26 heavy (non-hydrogen) atoms. The Hall–Kier alpha value is -1.54. The van der Waals surface area contributed by atoms with E-state index in [1.54, 1.807) is 7.11 Å². The predicted molar refractivity (Wildman–Crippen MR) is 104 cm³/mol. The first-order chi connectivity index (χ1) is 12.3. The van der Waals surface area contributed by atoms with Crippen LogP contribution in [0.15, 0.2) is 29.3 Å². The van der Waals surface area contributed by atoms with Crippen LogP contribution in [-0.4, -0.2) is 54.3 Å². The van der Waals surface area contributed by atoms with E-state index in [4.69, 9.17) is 4.74 Å². The quantitative estimate of drug-likeness (QED) is 0.760. The average molecular weight is 397 g/mol. The summed E-state index contributed by atoms with van der Waals surface area (Å²) in [7, 11) is -1.42. The normalized spacial score (nSPS) is 26.7. The molecule has 0 bridgehead atoms. The van der Waals surface area contributed by atoms with Gasteiger partial charge in [-0.1, -0.05) is 37.7 Å². The molecule has 0 radical (unpaired) electrons. The number of carbonyl (C=O) groups is 1. The topological polar surface area (TPSA) is 76.0 Å². The Balaban J connectivity index is 1.86. The molecule has 3 atom stereocenters.